The average Bonchev–Trinajstić information content (AvgIpc) is 2.72. The minimum absolute atomic E-state index is 0.274. The first-order valence-electron chi connectivity index (χ1n) is 6.67. The topological polar surface area (TPSA) is 38.0 Å². The SMILES string of the molecule is CCC(C)n1ccc(CC(C(C)C)C(C)O)n1. The van der Waals surface area contributed by atoms with Gasteiger partial charge in [-0.05, 0) is 44.6 Å². The first-order chi connectivity index (χ1) is 7.95. The Morgan fingerprint density at radius 2 is 1.94 bits per heavy atom. The molecule has 0 aliphatic rings. The second kappa shape index (κ2) is 6.20. The van der Waals surface area contributed by atoms with Crippen molar-refractivity contribution in [3.63, 3.8) is 0 Å². The molecule has 98 valence electrons. The molecule has 0 fully saturated rings. The van der Waals surface area contributed by atoms with Gasteiger partial charge in [-0.1, -0.05) is 20.8 Å². The van der Waals surface area contributed by atoms with E-state index >= 15 is 0 Å². The highest BCUT2D eigenvalue weighted by Crippen LogP contribution is 2.20. The summed E-state index contributed by atoms with van der Waals surface area (Å²) in [7, 11) is 0. The van der Waals surface area contributed by atoms with E-state index in [0.717, 1.165) is 18.5 Å². The summed E-state index contributed by atoms with van der Waals surface area (Å²) in [5.74, 6) is 0.763. The lowest BCUT2D eigenvalue weighted by Gasteiger charge is -2.22. The normalized spacial score (nSPS) is 17.1. The molecule has 0 saturated carbocycles. The maximum Gasteiger partial charge on any atom is 0.0628 e. The van der Waals surface area contributed by atoms with Crippen LogP contribution in [0.5, 0.6) is 0 Å². The minimum atomic E-state index is -0.274. The summed E-state index contributed by atoms with van der Waals surface area (Å²) in [5, 5.41) is 14.4. The van der Waals surface area contributed by atoms with Crippen molar-refractivity contribution in [2.45, 2.75) is 59.6 Å². The van der Waals surface area contributed by atoms with Gasteiger partial charge < -0.3 is 5.11 Å². The Labute approximate surface area is 105 Å². The van der Waals surface area contributed by atoms with E-state index in [2.05, 4.69) is 38.9 Å². The van der Waals surface area contributed by atoms with E-state index in [1.807, 2.05) is 17.8 Å². The van der Waals surface area contributed by atoms with Crippen molar-refractivity contribution in [2.75, 3.05) is 0 Å². The number of aliphatic hydroxyl groups excluding tert-OH is 1. The lowest BCUT2D eigenvalue weighted by molar-refractivity contribution is 0.0969. The molecule has 17 heavy (non-hydrogen) atoms. The van der Waals surface area contributed by atoms with E-state index in [-0.39, 0.29) is 12.0 Å². The molecule has 0 spiro atoms. The minimum Gasteiger partial charge on any atom is -0.393 e. The van der Waals surface area contributed by atoms with Crippen LogP contribution in [0.4, 0.5) is 0 Å². The van der Waals surface area contributed by atoms with Crippen molar-refractivity contribution in [3.05, 3.63) is 18.0 Å². The zero-order chi connectivity index (χ0) is 13.0. The van der Waals surface area contributed by atoms with E-state index in [9.17, 15) is 5.11 Å². The van der Waals surface area contributed by atoms with Gasteiger partial charge in [0.15, 0.2) is 0 Å². The summed E-state index contributed by atoms with van der Waals surface area (Å²) in [6.45, 7) is 10.5. The Balaban J connectivity index is 2.70. The van der Waals surface area contributed by atoms with E-state index in [1.54, 1.807) is 0 Å². The fraction of sp³-hybridized carbons (Fsp3) is 0.786. The Hall–Kier alpha value is -0.830. The maximum absolute atomic E-state index is 9.77. The number of nitrogens with zero attached hydrogens (tertiary/aromatic N) is 2. The van der Waals surface area contributed by atoms with Crippen LogP contribution in [0, 0.1) is 11.8 Å². The van der Waals surface area contributed by atoms with E-state index in [4.69, 9.17) is 0 Å². The molecule has 1 heterocycles. The van der Waals surface area contributed by atoms with Gasteiger partial charge in [0.05, 0.1) is 11.8 Å². The van der Waals surface area contributed by atoms with Crippen LogP contribution in [0.1, 0.15) is 52.8 Å². The van der Waals surface area contributed by atoms with Gasteiger partial charge in [-0.2, -0.15) is 5.10 Å². The summed E-state index contributed by atoms with van der Waals surface area (Å²) >= 11 is 0. The van der Waals surface area contributed by atoms with Crippen molar-refractivity contribution in [1.29, 1.82) is 0 Å². The quantitative estimate of drug-likeness (QED) is 0.827. The fourth-order valence-corrected chi connectivity index (χ4v) is 2.12. The van der Waals surface area contributed by atoms with Crippen LogP contribution in [-0.4, -0.2) is 21.0 Å². The molecular weight excluding hydrogens is 212 g/mol. The number of aromatic nitrogens is 2. The van der Waals surface area contributed by atoms with Crippen LogP contribution in [0.25, 0.3) is 0 Å². The molecule has 0 aliphatic carbocycles. The van der Waals surface area contributed by atoms with Gasteiger partial charge in [0, 0.05) is 12.2 Å². The Bertz CT molecular complexity index is 323. The van der Waals surface area contributed by atoms with Crippen molar-refractivity contribution in [2.24, 2.45) is 11.8 Å². The zero-order valence-electron chi connectivity index (χ0n) is 11.7. The van der Waals surface area contributed by atoms with E-state index in [0.29, 0.717) is 12.0 Å². The largest absolute Gasteiger partial charge is 0.393 e. The molecule has 3 nitrogen and oxygen atoms in total. The third-order valence-electron chi connectivity index (χ3n) is 3.63. The van der Waals surface area contributed by atoms with Gasteiger partial charge in [0.1, 0.15) is 0 Å². The molecule has 1 aromatic rings. The molecule has 0 aromatic carbocycles. The highest BCUT2D eigenvalue weighted by Gasteiger charge is 2.20. The Morgan fingerprint density at radius 3 is 2.41 bits per heavy atom. The molecular formula is C14H26N2O. The van der Waals surface area contributed by atoms with Crippen LogP contribution < -0.4 is 0 Å². The third-order valence-corrected chi connectivity index (χ3v) is 3.63. The number of aliphatic hydroxyl groups is 1. The molecule has 1 rings (SSSR count). The average molecular weight is 238 g/mol. The summed E-state index contributed by atoms with van der Waals surface area (Å²) in [5.41, 5.74) is 1.09. The second-order valence-electron chi connectivity index (χ2n) is 5.40. The van der Waals surface area contributed by atoms with Crippen molar-refractivity contribution in [1.82, 2.24) is 9.78 Å². The molecule has 3 heteroatoms. The van der Waals surface area contributed by atoms with Gasteiger partial charge in [-0.25, -0.2) is 0 Å². The molecule has 0 saturated heterocycles. The first-order valence-corrected chi connectivity index (χ1v) is 6.67. The third kappa shape index (κ3) is 3.84. The number of rotatable bonds is 6. The Kier molecular flexibility index (Phi) is 5.19. The predicted molar refractivity (Wildman–Crippen MR) is 70.9 cm³/mol. The van der Waals surface area contributed by atoms with E-state index < -0.39 is 0 Å². The van der Waals surface area contributed by atoms with Crippen molar-refractivity contribution < 1.29 is 5.11 Å². The van der Waals surface area contributed by atoms with Crippen LogP contribution in [0.2, 0.25) is 0 Å². The van der Waals surface area contributed by atoms with Crippen molar-refractivity contribution in [3.8, 4) is 0 Å². The predicted octanol–water partition coefficient (Wildman–Crippen LogP) is 3.05. The molecule has 0 aliphatic heterocycles. The smallest absolute Gasteiger partial charge is 0.0628 e. The summed E-state index contributed by atoms with van der Waals surface area (Å²) in [6.07, 6.45) is 3.72. The van der Waals surface area contributed by atoms with Gasteiger partial charge in [-0.15, -0.1) is 0 Å². The van der Waals surface area contributed by atoms with Crippen LogP contribution in [0.15, 0.2) is 12.3 Å². The molecule has 0 radical (unpaired) electrons. The maximum atomic E-state index is 9.77. The van der Waals surface area contributed by atoms with Crippen LogP contribution in [0.3, 0.4) is 0 Å². The van der Waals surface area contributed by atoms with E-state index in [1.165, 1.54) is 0 Å². The monoisotopic (exact) mass is 238 g/mol. The van der Waals surface area contributed by atoms with Gasteiger partial charge in [0.2, 0.25) is 0 Å². The zero-order valence-corrected chi connectivity index (χ0v) is 11.7. The molecule has 3 unspecified atom stereocenters. The highest BCUT2D eigenvalue weighted by molar-refractivity contribution is 5.02. The summed E-state index contributed by atoms with van der Waals surface area (Å²) in [6, 6.07) is 2.52. The standard InChI is InChI=1S/C14H26N2O/c1-6-11(4)16-8-7-13(15-16)9-14(10(2)3)12(5)17/h7-8,10-12,14,17H,6,9H2,1-5H3. The molecule has 0 amide bonds. The fourth-order valence-electron chi connectivity index (χ4n) is 2.12. The molecule has 1 aromatic heterocycles. The molecule has 0 bridgehead atoms. The number of hydrogen-bond acceptors (Lipinski definition) is 2. The summed E-state index contributed by atoms with van der Waals surface area (Å²) < 4.78 is 2.02. The van der Waals surface area contributed by atoms with Gasteiger partial charge >= 0.3 is 0 Å². The van der Waals surface area contributed by atoms with Gasteiger partial charge in [0.25, 0.3) is 0 Å². The Morgan fingerprint density at radius 1 is 1.29 bits per heavy atom. The molecule has 3 atom stereocenters. The highest BCUT2D eigenvalue weighted by atomic mass is 16.3. The van der Waals surface area contributed by atoms with Crippen molar-refractivity contribution >= 4 is 0 Å². The van der Waals surface area contributed by atoms with Crippen LogP contribution >= 0.6 is 0 Å². The second-order valence-corrected chi connectivity index (χ2v) is 5.40. The lowest BCUT2D eigenvalue weighted by atomic mass is 9.87. The first kappa shape index (κ1) is 14.2. The van der Waals surface area contributed by atoms with Gasteiger partial charge in [-0.3, -0.25) is 4.68 Å². The molecule has 1 N–H and O–H groups in total. The number of hydrogen-bond donors (Lipinski definition) is 1. The summed E-state index contributed by atoms with van der Waals surface area (Å²) in [4.78, 5) is 0. The lowest BCUT2D eigenvalue weighted by Crippen LogP contribution is -2.24. The van der Waals surface area contributed by atoms with Crippen LogP contribution in [-0.2, 0) is 6.42 Å².